The molecule has 0 amide bonds. The van der Waals surface area contributed by atoms with Crippen LogP contribution in [0.2, 0.25) is 0 Å². The number of fused-ring (bicyclic) bond motifs is 17. The molecule has 2 unspecified atom stereocenters. The Morgan fingerprint density at radius 1 is 0.316 bits per heavy atom. The molecule has 95 heavy (non-hydrogen) atoms. The number of nitrogens with zero attached hydrogens (tertiary/aromatic N) is 6. The first-order chi connectivity index (χ1) is 46.8. The van der Waals surface area contributed by atoms with Crippen molar-refractivity contribution in [3.8, 4) is 101 Å². The summed E-state index contributed by atoms with van der Waals surface area (Å²) in [4.78, 5) is 26.7. The lowest BCUT2D eigenvalue weighted by molar-refractivity contribution is 0.516. The van der Waals surface area contributed by atoms with Crippen molar-refractivity contribution in [2.75, 3.05) is 0 Å². The van der Waals surface area contributed by atoms with Gasteiger partial charge >= 0.3 is 0 Å². The molecule has 3 heterocycles. The summed E-state index contributed by atoms with van der Waals surface area (Å²) in [5, 5.41) is 6.23. The minimum absolute atomic E-state index is 0.330. The van der Waals surface area contributed by atoms with Gasteiger partial charge in [-0.15, -0.1) is 0 Å². The van der Waals surface area contributed by atoms with E-state index < -0.39 is 11.7 Å². The molecule has 7 nitrogen and oxygen atoms in total. The topological polar surface area (TPSA) is 80.4 Å². The van der Waals surface area contributed by atoms with Crippen LogP contribution in [0.4, 0.5) is 0 Å². The number of hydrogen-bond donors (Lipinski definition) is 1. The van der Waals surface area contributed by atoms with Crippen LogP contribution in [0.1, 0.15) is 64.6 Å². The second-order valence-corrected chi connectivity index (χ2v) is 25.8. The summed E-state index contributed by atoms with van der Waals surface area (Å²) in [5.74, 6) is 3.34. The maximum absolute atomic E-state index is 5.55. The standard InChI is InChI=1S/C88H59N7/c1-87(2)71-48-45-60(52-70(71)65-46-44-63(53-76(65)87)85-91-83(61-34-21-32-58(50-61)54-24-7-3-8-25-54)90-84(92-85)62-35-22-33-59(51-62)55-26-9-4-10-27-55)64-39-23-42-74-78(64)68-37-15-18-40-72(68)88(74)73-41-19-16-38-69(73)79-75(88)49-47-67-66-36-17-20-43-77(66)95(80(67)79)86-93-81(56-28-11-5-12-29-56)89-82(94-86)57-30-13-6-14-31-57/h3-53,86H,1-2H3,(H,89,93,94). The third-order valence-corrected chi connectivity index (χ3v) is 20.3. The van der Waals surface area contributed by atoms with Crippen LogP contribution in [0.25, 0.3) is 123 Å². The molecule has 3 aliphatic carbocycles. The van der Waals surface area contributed by atoms with Crippen molar-refractivity contribution >= 4 is 33.5 Å². The van der Waals surface area contributed by atoms with Crippen LogP contribution in [0, 0.1) is 0 Å². The molecule has 1 spiro atoms. The number of amidine groups is 2. The lowest BCUT2D eigenvalue weighted by Gasteiger charge is -2.31. The second-order valence-electron chi connectivity index (χ2n) is 25.8. The molecular weight excluding hydrogens is 1160 g/mol. The zero-order chi connectivity index (χ0) is 62.9. The van der Waals surface area contributed by atoms with Gasteiger partial charge in [-0.1, -0.05) is 293 Å². The number of para-hydroxylation sites is 1. The quantitative estimate of drug-likeness (QED) is 0.156. The van der Waals surface area contributed by atoms with E-state index in [-0.39, 0.29) is 5.41 Å². The summed E-state index contributed by atoms with van der Waals surface area (Å²) in [5.41, 5.74) is 27.9. The van der Waals surface area contributed by atoms with Gasteiger partial charge in [0.05, 0.1) is 16.4 Å². The van der Waals surface area contributed by atoms with Crippen LogP contribution in [0.3, 0.4) is 0 Å². The summed E-state index contributed by atoms with van der Waals surface area (Å²) in [7, 11) is 0. The molecule has 0 saturated heterocycles. The number of aromatic nitrogens is 4. The van der Waals surface area contributed by atoms with Crippen molar-refractivity contribution in [2.45, 2.75) is 31.0 Å². The first-order valence-electron chi connectivity index (χ1n) is 32.7. The predicted octanol–water partition coefficient (Wildman–Crippen LogP) is 20.6. The lowest BCUT2D eigenvalue weighted by Crippen LogP contribution is -2.36. The maximum Gasteiger partial charge on any atom is 0.204 e. The number of rotatable bonds is 9. The summed E-state index contributed by atoms with van der Waals surface area (Å²) in [6.07, 6.45) is -0.529. The van der Waals surface area contributed by atoms with E-state index in [2.05, 4.69) is 321 Å². The fourth-order valence-corrected chi connectivity index (χ4v) is 16.0. The van der Waals surface area contributed by atoms with E-state index in [1.807, 2.05) is 12.1 Å². The number of nitrogens with one attached hydrogen (secondary N) is 1. The zero-order valence-corrected chi connectivity index (χ0v) is 52.2. The van der Waals surface area contributed by atoms with Crippen LogP contribution in [-0.4, -0.2) is 31.2 Å². The van der Waals surface area contributed by atoms with Gasteiger partial charge in [-0.2, -0.15) is 0 Å². The Morgan fingerprint density at radius 2 is 0.800 bits per heavy atom. The van der Waals surface area contributed by atoms with Crippen molar-refractivity contribution in [1.82, 2.24) is 24.8 Å². The Hall–Kier alpha value is -12.2. The summed E-state index contributed by atoms with van der Waals surface area (Å²) < 4.78 is 2.45. The van der Waals surface area contributed by atoms with Crippen LogP contribution in [0.15, 0.2) is 319 Å². The SMILES string of the molecule is CC1(C)c2ccc(-c3cccc4c3-c3ccccc3C43c4ccccc4-c4c3ccc3c5ccccc5n(C5N=C(c6ccccc6)N=C(c6ccccc6)N5)c43)cc2-c2ccc(-c3nc(-c4cccc(-c5ccccc5)c4)nc(-c4cccc(-c5ccccc5)c4)n3)cc21. The normalized spacial score (nSPS) is 15.9. The van der Waals surface area contributed by atoms with Crippen molar-refractivity contribution in [3.63, 3.8) is 0 Å². The smallest absolute Gasteiger partial charge is 0.204 e. The van der Waals surface area contributed by atoms with Crippen molar-refractivity contribution in [2.24, 2.45) is 9.98 Å². The molecule has 1 N–H and O–H groups in total. The Morgan fingerprint density at radius 3 is 1.45 bits per heavy atom. The summed E-state index contributed by atoms with van der Waals surface area (Å²) in [6, 6.07) is 112. The van der Waals surface area contributed by atoms with Crippen molar-refractivity contribution in [1.29, 1.82) is 0 Å². The highest BCUT2D eigenvalue weighted by Gasteiger charge is 2.53. The lowest BCUT2D eigenvalue weighted by atomic mass is 9.70. The Labute approximate surface area is 550 Å². The molecular formula is C88H59N7. The van der Waals surface area contributed by atoms with Crippen molar-refractivity contribution < 1.29 is 0 Å². The average molecular weight is 1210 g/mol. The molecule has 0 radical (unpaired) electrons. The summed E-state index contributed by atoms with van der Waals surface area (Å²) >= 11 is 0. The van der Waals surface area contributed by atoms with Gasteiger partial charge in [-0.3, -0.25) is 0 Å². The molecule has 7 heteroatoms. The molecule has 0 bridgehead atoms. The zero-order valence-electron chi connectivity index (χ0n) is 52.2. The first-order valence-corrected chi connectivity index (χ1v) is 32.7. The van der Waals surface area contributed by atoms with E-state index in [4.69, 9.17) is 24.9 Å². The van der Waals surface area contributed by atoms with Crippen LogP contribution in [-0.2, 0) is 10.8 Å². The molecule has 15 aromatic rings. The Balaban J connectivity index is 0.752. The number of aliphatic imine (C=N–C) groups is 2. The molecule has 2 aromatic heterocycles. The van der Waals surface area contributed by atoms with E-state index in [1.54, 1.807) is 0 Å². The van der Waals surface area contributed by atoms with Gasteiger partial charge in [-0.05, 0) is 125 Å². The molecule has 0 saturated carbocycles. The monoisotopic (exact) mass is 1210 g/mol. The van der Waals surface area contributed by atoms with Crippen LogP contribution in [0.5, 0.6) is 0 Å². The number of benzene rings is 13. The fraction of sp³-hybridized carbons (Fsp3) is 0.0568. The molecule has 2 atom stereocenters. The van der Waals surface area contributed by atoms with E-state index >= 15 is 0 Å². The summed E-state index contributed by atoms with van der Waals surface area (Å²) in [6.45, 7) is 4.71. The Bertz CT molecular complexity index is 5630. The average Bonchev–Trinajstić information content (AvgIpc) is 1.50. The van der Waals surface area contributed by atoms with E-state index in [0.717, 1.165) is 66.9 Å². The van der Waals surface area contributed by atoms with Gasteiger partial charge in [0.15, 0.2) is 23.3 Å². The second kappa shape index (κ2) is 21.2. The Kier molecular flexibility index (Phi) is 12.2. The van der Waals surface area contributed by atoms with Crippen molar-refractivity contribution in [3.05, 3.63) is 354 Å². The van der Waals surface area contributed by atoms with E-state index in [1.165, 1.54) is 88.7 Å². The van der Waals surface area contributed by atoms with Gasteiger partial charge in [-0.25, -0.2) is 24.9 Å². The van der Waals surface area contributed by atoms with E-state index in [9.17, 15) is 0 Å². The predicted molar refractivity (Wildman–Crippen MR) is 387 cm³/mol. The number of hydrogen-bond acceptors (Lipinski definition) is 6. The van der Waals surface area contributed by atoms with Gasteiger partial charge in [0.2, 0.25) is 6.29 Å². The first kappa shape index (κ1) is 54.5. The van der Waals surface area contributed by atoms with Crippen LogP contribution >= 0.6 is 0 Å². The van der Waals surface area contributed by atoms with Gasteiger partial charge < -0.3 is 9.88 Å². The van der Waals surface area contributed by atoms with Gasteiger partial charge in [0.25, 0.3) is 0 Å². The van der Waals surface area contributed by atoms with Crippen LogP contribution < -0.4 is 5.32 Å². The molecule has 19 rings (SSSR count). The molecule has 4 aliphatic rings. The third-order valence-electron chi connectivity index (χ3n) is 20.3. The maximum atomic E-state index is 5.55. The molecule has 1 aliphatic heterocycles. The highest BCUT2D eigenvalue weighted by Crippen LogP contribution is 2.66. The minimum atomic E-state index is -0.635. The fourth-order valence-electron chi connectivity index (χ4n) is 16.0. The third kappa shape index (κ3) is 8.35. The molecule has 0 fully saturated rings. The van der Waals surface area contributed by atoms with Gasteiger partial charge in [0, 0.05) is 49.6 Å². The minimum Gasteiger partial charge on any atom is -0.331 e. The van der Waals surface area contributed by atoms with E-state index in [0.29, 0.717) is 23.3 Å². The molecule has 13 aromatic carbocycles. The largest absolute Gasteiger partial charge is 0.331 e. The highest BCUT2D eigenvalue weighted by molar-refractivity contribution is 6.17. The molecule has 446 valence electrons. The van der Waals surface area contributed by atoms with Gasteiger partial charge in [0.1, 0.15) is 5.84 Å². The highest BCUT2D eigenvalue weighted by atomic mass is 15.3.